The van der Waals surface area contributed by atoms with Crippen molar-refractivity contribution < 1.29 is 42.7 Å². The van der Waals surface area contributed by atoms with Gasteiger partial charge in [0.05, 0.1) is 19.8 Å². The Morgan fingerprint density at radius 3 is 1.54 bits per heavy atom. The molecule has 3 unspecified atom stereocenters. The van der Waals surface area contributed by atoms with E-state index < -0.39 is 45.1 Å². The summed E-state index contributed by atoms with van der Waals surface area (Å²) in [7, 11) is -4.63. The molecule has 0 aromatic heterocycles. The molecule has 0 spiro atoms. The summed E-state index contributed by atoms with van der Waals surface area (Å²) in [6.07, 6.45) is 50.1. The molecule has 0 aliphatic carbocycles. The SMILES string of the molecule is CC/C=C\C/C=C\C/C=C\C/C=C\CCCOCC(COP(=O)(O)OCC(N)C(=O)O)OC(=O)CCCCCCCCCCC/C=C\CCCCCCCCCC. The first-order valence-electron chi connectivity index (χ1n) is 22.3. The van der Waals surface area contributed by atoms with Gasteiger partial charge in [-0.05, 0) is 70.6 Å². The minimum absolute atomic E-state index is 0.0236. The number of aliphatic carboxylic acids is 1. The molecule has 0 rings (SSSR count). The van der Waals surface area contributed by atoms with Crippen LogP contribution in [-0.4, -0.2) is 60.5 Å². The van der Waals surface area contributed by atoms with E-state index in [0.29, 0.717) is 13.0 Å². The lowest BCUT2D eigenvalue weighted by Crippen LogP contribution is -2.34. The molecule has 0 aliphatic heterocycles. The van der Waals surface area contributed by atoms with E-state index in [1.165, 1.54) is 96.3 Å². The Kier molecular flexibility index (Phi) is 40.1. The van der Waals surface area contributed by atoms with Crippen molar-refractivity contribution >= 4 is 19.8 Å². The van der Waals surface area contributed by atoms with Gasteiger partial charge < -0.3 is 25.2 Å². The summed E-state index contributed by atoms with van der Waals surface area (Å²) in [4.78, 5) is 33.5. The van der Waals surface area contributed by atoms with Gasteiger partial charge in [0.2, 0.25) is 0 Å². The fraction of sp³-hybridized carbons (Fsp3) is 0.739. The number of carbonyl (C=O) groups is 2. The van der Waals surface area contributed by atoms with Crippen molar-refractivity contribution in [3.8, 4) is 0 Å². The van der Waals surface area contributed by atoms with Gasteiger partial charge in [-0.3, -0.25) is 18.6 Å². The molecule has 0 aromatic rings. The molecule has 0 bridgehead atoms. The summed E-state index contributed by atoms with van der Waals surface area (Å²) < 4.78 is 33.3. The molecule has 0 saturated heterocycles. The van der Waals surface area contributed by atoms with Crippen LogP contribution in [0.15, 0.2) is 60.8 Å². The highest BCUT2D eigenvalue weighted by atomic mass is 31.2. The van der Waals surface area contributed by atoms with Crippen molar-refractivity contribution in [2.75, 3.05) is 26.4 Å². The van der Waals surface area contributed by atoms with Crippen LogP contribution in [0.2, 0.25) is 0 Å². The molecular formula is C46H82NO9P. The van der Waals surface area contributed by atoms with Crippen LogP contribution in [0.1, 0.15) is 181 Å². The van der Waals surface area contributed by atoms with Gasteiger partial charge in [-0.1, -0.05) is 164 Å². The second kappa shape index (κ2) is 41.8. The molecule has 0 aromatic carbocycles. The van der Waals surface area contributed by atoms with Gasteiger partial charge in [0.25, 0.3) is 0 Å². The highest BCUT2D eigenvalue weighted by molar-refractivity contribution is 7.47. The summed E-state index contributed by atoms with van der Waals surface area (Å²) in [6, 6.07) is -1.48. The third kappa shape index (κ3) is 41.6. The lowest BCUT2D eigenvalue weighted by Gasteiger charge is -2.20. The summed E-state index contributed by atoms with van der Waals surface area (Å²) in [6.45, 7) is 3.62. The smallest absolute Gasteiger partial charge is 0.472 e. The van der Waals surface area contributed by atoms with E-state index in [1.54, 1.807) is 0 Å². The minimum Gasteiger partial charge on any atom is -0.480 e. The number of carbonyl (C=O) groups excluding carboxylic acids is 1. The zero-order valence-electron chi connectivity index (χ0n) is 35.9. The molecule has 10 nitrogen and oxygen atoms in total. The monoisotopic (exact) mass is 824 g/mol. The van der Waals surface area contributed by atoms with Crippen LogP contribution >= 0.6 is 7.82 Å². The number of hydrogen-bond acceptors (Lipinski definition) is 8. The third-order valence-corrected chi connectivity index (χ3v) is 10.2. The normalized spacial score (nSPS) is 14.5. The number of rotatable bonds is 42. The van der Waals surface area contributed by atoms with Crippen molar-refractivity contribution in [2.24, 2.45) is 5.73 Å². The number of ether oxygens (including phenoxy) is 2. The lowest BCUT2D eigenvalue weighted by molar-refractivity contribution is -0.154. The number of carboxylic acids is 1. The van der Waals surface area contributed by atoms with E-state index in [-0.39, 0.29) is 13.0 Å². The molecule has 0 amide bonds. The number of esters is 1. The van der Waals surface area contributed by atoms with Gasteiger partial charge in [0.1, 0.15) is 12.1 Å². The molecule has 57 heavy (non-hydrogen) atoms. The molecule has 11 heteroatoms. The molecule has 3 atom stereocenters. The van der Waals surface area contributed by atoms with Crippen LogP contribution in [-0.2, 0) is 32.7 Å². The predicted molar refractivity (Wildman–Crippen MR) is 235 cm³/mol. The summed E-state index contributed by atoms with van der Waals surface area (Å²) in [5, 5.41) is 8.89. The number of unbranched alkanes of at least 4 members (excludes halogenated alkanes) is 18. The van der Waals surface area contributed by atoms with Crippen LogP contribution in [0.3, 0.4) is 0 Å². The van der Waals surface area contributed by atoms with E-state index >= 15 is 0 Å². The first-order chi connectivity index (χ1) is 27.7. The summed E-state index contributed by atoms with van der Waals surface area (Å²) in [5.41, 5.74) is 5.35. The summed E-state index contributed by atoms with van der Waals surface area (Å²) >= 11 is 0. The quantitative estimate of drug-likeness (QED) is 0.0234. The lowest BCUT2D eigenvalue weighted by atomic mass is 10.1. The van der Waals surface area contributed by atoms with E-state index in [2.05, 4.69) is 74.6 Å². The number of allylic oxidation sites excluding steroid dienone is 10. The molecule has 0 heterocycles. The average molecular weight is 824 g/mol. The summed E-state index contributed by atoms with van der Waals surface area (Å²) in [5.74, 6) is -1.81. The maximum atomic E-state index is 12.6. The van der Waals surface area contributed by atoms with E-state index in [9.17, 15) is 19.0 Å². The van der Waals surface area contributed by atoms with Crippen LogP contribution in [0.4, 0.5) is 0 Å². The standard InChI is InChI=1S/C46H82NO9P/c1-3-5-7-9-11-13-15-17-19-20-21-22-23-24-25-26-28-30-32-34-36-38-45(48)56-43(41-54-57(51,52)55-42-44(47)46(49)50)40-53-39-37-35-33-31-29-27-18-16-14-12-10-8-6-4-2/h6,8,12,14,18,20-21,27,31,33,43-44H,3-5,7,9-11,13,15-17,19,22-26,28-30,32,34-42,47H2,1-2H3,(H,49,50)(H,51,52)/b8-6-,14-12-,21-20-,27-18-,33-31-. The van der Waals surface area contributed by atoms with Gasteiger partial charge in [-0.25, -0.2) is 4.57 Å². The van der Waals surface area contributed by atoms with E-state index in [4.69, 9.17) is 29.4 Å². The number of phosphoric acid groups is 1. The minimum atomic E-state index is -4.63. The maximum Gasteiger partial charge on any atom is 0.472 e. The van der Waals surface area contributed by atoms with Crippen molar-refractivity contribution in [1.82, 2.24) is 0 Å². The molecule has 4 N–H and O–H groups in total. The Morgan fingerprint density at radius 2 is 1.02 bits per heavy atom. The van der Waals surface area contributed by atoms with Crippen LogP contribution in [0.5, 0.6) is 0 Å². The Morgan fingerprint density at radius 1 is 0.579 bits per heavy atom. The fourth-order valence-corrected chi connectivity index (χ4v) is 6.62. The number of phosphoric ester groups is 1. The molecule has 0 saturated carbocycles. The predicted octanol–water partition coefficient (Wildman–Crippen LogP) is 12.4. The molecule has 0 fully saturated rings. The fourth-order valence-electron chi connectivity index (χ4n) is 5.84. The zero-order valence-corrected chi connectivity index (χ0v) is 36.8. The Balaban J connectivity index is 4.25. The number of carboxylic acid groups (broad SMARTS) is 1. The van der Waals surface area contributed by atoms with Gasteiger partial charge in [-0.15, -0.1) is 0 Å². The highest BCUT2D eigenvalue weighted by Gasteiger charge is 2.27. The molecular weight excluding hydrogens is 741 g/mol. The number of nitrogens with two attached hydrogens (primary N) is 1. The van der Waals surface area contributed by atoms with Crippen molar-refractivity contribution in [1.29, 1.82) is 0 Å². The van der Waals surface area contributed by atoms with Crippen LogP contribution < -0.4 is 5.73 Å². The third-order valence-electron chi connectivity index (χ3n) is 9.28. The number of hydrogen-bond donors (Lipinski definition) is 3. The van der Waals surface area contributed by atoms with E-state index in [0.717, 1.165) is 57.8 Å². The van der Waals surface area contributed by atoms with Gasteiger partial charge in [0.15, 0.2) is 0 Å². The van der Waals surface area contributed by atoms with Crippen molar-refractivity contribution in [3.05, 3.63) is 60.8 Å². The molecule has 330 valence electrons. The zero-order chi connectivity index (χ0) is 41.9. The van der Waals surface area contributed by atoms with Gasteiger partial charge >= 0.3 is 19.8 Å². The average Bonchev–Trinajstić information content (AvgIpc) is 3.19. The van der Waals surface area contributed by atoms with E-state index in [1.807, 2.05) is 0 Å². The highest BCUT2D eigenvalue weighted by Crippen LogP contribution is 2.43. The Labute approximate surface area is 347 Å². The largest absolute Gasteiger partial charge is 0.480 e. The van der Waals surface area contributed by atoms with Gasteiger partial charge in [-0.2, -0.15) is 0 Å². The van der Waals surface area contributed by atoms with Crippen LogP contribution in [0, 0.1) is 0 Å². The van der Waals surface area contributed by atoms with Gasteiger partial charge in [0, 0.05) is 13.0 Å². The molecule has 0 radical (unpaired) electrons. The maximum absolute atomic E-state index is 12.6. The Hall–Kier alpha value is -2.33. The second-order valence-electron chi connectivity index (χ2n) is 14.8. The second-order valence-corrected chi connectivity index (χ2v) is 16.2. The first kappa shape index (κ1) is 54.7. The first-order valence-corrected chi connectivity index (χ1v) is 23.8. The van der Waals surface area contributed by atoms with Crippen molar-refractivity contribution in [2.45, 2.75) is 193 Å². The Bertz CT molecular complexity index is 1140. The molecule has 0 aliphatic rings. The van der Waals surface area contributed by atoms with Crippen LogP contribution in [0.25, 0.3) is 0 Å². The van der Waals surface area contributed by atoms with Crippen molar-refractivity contribution in [3.63, 3.8) is 0 Å². The topological polar surface area (TPSA) is 155 Å².